The molecule has 0 aromatic rings. The number of carbonyl (C=O) groups excluding carboxylic acids is 1. The molecule has 1 N–H and O–H groups in total. The molecule has 0 atom stereocenters. The Labute approximate surface area is 56.0 Å². The van der Waals surface area contributed by atoms with Crippen LogP contribution >= 0.6 is 0 Å². The normalized spacial score (nSPS) is 11.1. The van der Waals surface area contributed by atoms with Crippen LogP contribution in [0.5, 0.6) is 0 Å². The molecule has 0 aromatic carbocycles. The van der Waals surface area contributed by atoms with Gasteiger partial charge in [-0.1, -0.05) is 6.08 Å². The first-order valence-corrected chi connectivity index (χ1v) is 3.11. The van der Waals surface area contributed by atoms with Crippen LogP contribution in [0.1, 0.15) is 19.8 Å². The van der Waals surface area contributed by atoms with Gasteiger partial charge in [-0.3, -0.25) is 0 Å². The van der Waals surface area contributed by atoms with E-state index in [2.05, 4.69) is 5.32 Å². The standard InChI is InChI=1S/C7H13NO/c1-3-7(8-2)5-4-6-9/h3,6,8H,4-5H2,1-2H3/b7-3+. The Bertz CT molecular complexity index is 107. The van der Waals surface area contributed by atoms with Crippen LogP contribution in [-0.4, -0.2) is 13.3 Å². The second-order valence-electron chi connectivity index (χ2n) is 1.77. The molecule has 0 aliphatic carbocycles. The highest BCUT2D eigenvalue weighted by Crippen LogP contribution is 1.96. The molecule has 0 aliphatic heterocycles. The van der Waals surface area contributed by atoms with Crippen molar-refractivity contribution in [3.05, 3.63) is 11.8 Å². The van der Waals surface area contributed by atoms with Gasteiger partial charge in [-0.25, -0.2) is 0 Å². The third-order valence-electron chi connectivity index (χ3n) is 1.20. The van der Waals surface area contributed by atoms with Gasteiger partial charge < -0.3 is 10.1 Å². The van der Waals surface area contributed by atoms with Gasteiger partial charge in [-0.2, -0.15) is 0 Å². The second kappa shape index (κ2) is 5.35. The number of allylic oxidation sites excluding steroid dienone is 2. The quantitative estimate of drug-likeness (QED) is 0.573. The zero-order valence-corrected chi connectivity index (χ0v) is 5.98. The Kier molecular flexibility index (Phi) is 4.88. The first-order chi connectivity index (χ1) is 4.35. The van der Waals surface area contributed by atoms with Gasteiger partial charge in [0.15, 0.2) is 0 Å². The molecule has 2 nitrogen and oxygen atoms in total. The van der Waals surface area contributed by atoms with E-state index in [9.17, 15) is 4.79 Å². The van der Waals surface area contributed by atoms with Crippen LogP contribution in [0.2, 0.25) is 0 Å². The molecule has 0 bridgehead atoms. The SMILES string of the molecule is C/C=C(\CCC=O)NC. The third kappa shape index (κ3) is 3.76. The van der Waals surface area contributed by atoms with Crippen molar-refractivity contribution in [1.82, 2.24) is 5.32 Å². The average Bonchev–Trinajstić information content (AvgIpc) is 1.91. The molecule has 0 rings (SSSR count). The van der Waals surface area contributed by atoms with Crippen LogP contribution in [0.25, 0.3) is 0 Å². The molecule has 0 saturated carbocycles. The smallest absolute Gasteiger partial charge is 0.120 e. The van der Waals surface area contributed by atoms with E-state index in [-0.39, 0.29) is 0 Å². The molecule has 0 saturated heterocycles. The molecule has 0 heterocycles. The highest BCUT2D eigenvalue weighted by Gasteiger charge is 1.88. The van der Waals surface area contributed by atoms with E-state index in [1.165, 1.54) is 0 Å². The van der Waals surface area contributed by atoms with Crippen LogP contribution in [-0.2, 0) is 4.79 Å². The molecule has 52 valence electrons. The van der Waals surface area contributed by atoms with Gasteiger partial charge in [0.1, 0.15) is 6.29 Å². The molecule has 0 spiro atoms. The van der Waals surface area contributed by atoms with Gasteiger partial charge in [0.2, 0.25) is 0 Å². The Morgan fingerprint density at radius 1 is 1.67 bits per heavy atom. The first-order valence-electron chi connectivity index (χ1n) is 3.11. The summed E-state index contributed by atoms with van der Waals surface area (Å²) in [6, 6.07) is 0. The van der Waals surface area contributed by atoms with Crippen molar-refractivity contribution >= 4 is 6.29 Å². The average molecular weight is 127 g/mol. The van der Waals surface area contributed by atoms with E-state index in [4.69, 9.17) is 0 Å². The predicted molar refractivity (Wildman–Crippen MR) is 38.1 cm³/mol. The van der Waals surface area contributed by atoms with Crippen LogP contribution < -0.4 is 5.32 Å². The molecular weight excluding hydrogens is 114 g/mol. The van der Waals surface area contributed by atoms with E-state index in [0.717, 1.165) is 18.4 Å². The van der Waals surface area contributed by atoms with Crippen molar-refractivity contribution in [2.45, 2.75) is 19.8 Å². The summed E-state index contributed by atoms with van der Waals surface area (Å²) < 4.78 is 0. The summed E-state index contributed by atoms with van der Waals surface area (Å²) in [6.45, 7) is 1.95. The summed E-state index contributed by atoms with van der Waals surface area (Å²) in [5.74, 6) is 0. The van der Waals surface area contributed by atoms with E-state index < -0.39 is 0 Å². The number of hydrogen-bond acceptors (Lipinski definition) is 2. The lowest BCUT2D eigenvalue weighted by Crippen LogP contribution is -2.04. The summed E-state index contributed by atoms with van der Waals surface area (Å²) in [5, 5.41) is 2.99. The summed E-state index contributed by atoms with van der Waals surface area (Å²) in [5.41, 5.74) is 1.13. The van der Waals surface area contributed by atoms with Gasteiger partial charge in [0.05, 0.1) is 0 Å². The summed E-state index contributed by atoms with van der Waals surface area (Å²) in [6.07, 6.45) is 4.35. The van der Waals surface area contributed by atoms with Crippen molar-refractivity contribution in [2.24, 2.45) is 0 Å². The minimum absolute atomic E-state index is 0.612. The van der Waals surface area contributed by atoms with E-state index >= 15 is 0 Å². The van der Waals surface area contributed by atoms with Crippen molar-refractivity contribution in [2.75, 3.05) is 7.05 Å². The summed E-state index contributed by atoms with van der Waals surface area (Å²) in [4.78, 5) is 9.89. The van der Waals surface area contributed by atoms with Crippen LogP contribution in [0.4, 0.5) is 0 Å². The predicted octanol–water partition coefficient (Wildman–Crippen LogP) is 1.09. The largest absolute Gasteiger partial charge is 0.392 e. The van der Waals surface area contributed by atoms with Gasteiger partial charge in [-0.15, -0.1) is 0 Å². The monoisotopic (exact) mass is 127 g/mol. The second-order valence-corrected chi connectivity index (χ2v) is 1.77. The van der Waals surface area contributed by atoms with E-state index in [1.807, 2.05) is 20.0 Å². The maximum absolute atomic E-state index is 9.89. The summed E-state index contributed by atoms with van der Waals surface area (Å²) >= 11 is 0. The number of nitrogens with one attached hydrogen (secondary N) is 1. The van der Waals surface area contributed by atoms with Crippen LogP contribution in [0, 0.1) is 0 Å². The van der Waals surface area contributed by atoms with Crippen molar-refractivity contribution in [3.8, 4) is 0 Å². The summed E-state index contributed by atoms with van der Waals surface area (Å²) in [7, 11) is 1.86. The van der Waals surface area contributed by atoms with Gasteiger partial charge in [0, 0.05) is 19.2 Å². The van der Waals surface area contributed by atoms with Crippen molar-refractivity contribution in [1.29, 1.82) is 0 Å². The van der Waals surface area contributed by atoms with Crippen molar-refractivity contribution < 1.29 is 4.79 Å². The molecule has 0 fully saturated rings. The molecule has 0 aromatic heterocycles. The lowest BCUT2D eigenvalue weighted by molar-refractivity contribution is -0.107. The Morgan fingerprint density at radius 3 is 2.67 bits per heavy atom. The number of carbonyl (C=O) groups is 1. The number of hydrogen-bond donors (Lipinski definition) is 1. The van der Waals surface area contributed by atoms with Crippen molar-refractivity contribution in [3.63, 3.8) is 0 Å². The third-order valence-corrected chi connectivity index (χ3v) is 1.20. The fourth-order valence-electron chi connectivity index (χ4n) is 0.628. The first kappa shape index (κ1) is 8.21. The van der Waals surface area contributed by atoms with Gasteiger partial charge in [-0.05, 0) is 13.3 Å². The number of rotatable bonds is 4. The molecular formula is C7H13NO. The number of aldehydes is 1. The zero-order valence-electron chi connectivity index (χ0n) is 5.98. The maximum Gasteiger partial charge on any atom is 0.120 e. The fourth-order valence-corrected chi connectivity index (χ4v) is 0.628. The zero-order chi connectivity index (χ0) is 7.11. The Balaban J connectivity index is 3.44. The Morgan fingerprint density at radius 2 is 2.33 bits per heavy atom. The molecule has 0 unspecified atom stereocenters. The molecule has 0 radical (unpaired) electrons. The van der Waals surface area contributed by atoms with Gasteiger partial charge in [0.25, 0.3) is 0 Å². The van der Waals surface area contributed by atoms with E-state index in [0.29, 0.717) is 6.42 Å². The van der Waals surface area contributed by atoms with Gasteiger partial charge >= 0.3 is 0 Å². The molecule has 0 aliphatic rings. The van der Waals surface area contributed by atoms with Crippen LogP contribution in [0.15, 0.2) is 11.8 Å². The lowest BCUT2D eigenvalue weighted by Gasteiger charge is -2.00. The Hall–Kier alpha value is -0.790. The lowest BCUT2D eigenvalue weighted by atomic mass is 10.2. The van der Waals surface area contributed by atoms with E-state index in [1.54, 1.807) is 0 Å². The van der Waals surface area contributed by atoms with Crippen LogP contribution in [0.3, 0.4) is 0 Å². The topological polar surface area (TPSA) is 29.1 Å². The highest BCUT2D eigenvalue weighted by molar-refractivity contribution is 5.49. The molecule has 9 heavy (non-hydrogen) atoms. The maximum atomic E-state index is 9.89. The minimum Gasteiger partial charge on any atom is -0.392 e. The molecule has 2 heteroatoms. The fraction of sp³-hybridized carbons (Fsp3) is 0.571. The highest BCUT2D eigenvalue weighted by atomic mass is 16.1. The molecule has 0 amide bonds. The minimum atomic E-state index is 0.612.